The Bertz CT molecular complexity index is 627. The Labute approximate surface area is 133 Å². The molecule has 8 heteroatoms. The van der Waals surface area contributed by atoms with Crippen LogP contribution in [0.25, 0.3) is 0 Å². The van der Waals surface area contributed by atoms with E-state index in [-0.39, 0.29) is 29.3 Å². The van der Waals surface area contributed by atoms with Crippen LogP contribution in [0.1, 0.15) is 36.2 Å². The van der Waals surface area contributed by atoms with Crippen LogP contribution in [0.3, 0.4) is 0 Å². The van der Waals surface area contributed by atoms with Crippen LogP contribution in [0.5, 0.6) is 5.75 Å². The molecular weight excluding hydrogens is 304 g/mol. The van der Waals surface area contributed by atoms with Crippen molar-refractivity contribution in [2.75, 3.05) is 7.11 Å². The van der Waals surface area contributed by atoms with E-state index in [9.17, 15) is 19.7 Å². The topological polar surface area (TPSA) is 119 Å². The van der Waals surface area contributed by atoms with Gasteiger partial charge in [-0.05, 0) is 25.3 Å². The summed E-state index contributed by atoms with van der Waals surface area (Å²) >= 11 is 0. The molecule has 2 N–H and O–H groups in total. The number of nitro groups is 1. The van der Waals surface area contributed by atoms with E-state index in [1.54, 1.807) is 0 Å². The first-order valence-electron chi connectivity index (χ1n) is 7.04. The highest BCUT2D eigenvalue weighted by molar-refractivity contribution is 5.97. The van der Waals surface area contributed by atoms with Crippen molar-refractivity contribution in [2.45, 2.75) is 33.2 Å². The van der Waals surface area contributed by atoms with Crippen LogP contribution in [0, 0.1) is 23.0 Å². The fraction of sp³-hybridized carbons (Fsp3) is 0.467. The molecule has 0 aliphatic rings. The van der Waals surface area contributed by atoms with E-state index in [1.807, 2.05) is 13.8 Å². The normalized spacial score (nSPS) is 11.9. The van der Waals surface area contributed by atoms with Crippen molar-refractivity contribution in [3.63, 3.8) is 0 Å². The molecule has 1 rings (SSSR count). The molecule has 126 valence electrons. The number of carbonyl (C=O) groups is 2. The number of benzene rings is 1. The zero-order chi connectivity index (χ0) is 17.7. The smallest absolute Gasteiger partial charge is 0.326 e. The summed E-state index contributed by atoms with van der Waals surface area (Å²) in [5.41, 5.74) is 0.0189. The summed E-state index contributed by atoms with van der Waals surface area (Å²) in [6, 6.07) is 1.40. The van der Waals surface area contributed by atoms with Gasteiger partial charge in [-0.25, -0.2) is 4.79 Å². The predicted molar refractivity (Wildman–Crippen MR) is 82.7 cm³/mol. The first-order valence-corrected chi connectivity index (χ1v) is 7.04. The van der Waals surface area contributed by atoms with Crippen molar-refractivity contribution in [3.8, 4) is 5.75 Å². The van der Waals surface area contributed by atoms with Crippen molar-refractivity contribution in [1.82, 2.24) is 5.32 Å². The Kier molecular flexibility index (Phi) is 6.06. The highest BCUT2D eigenvalue weighted by Crippen LogP contribution is 2.29. The molecule has 0 saturated carbocycles. The SMILES string of the molecule is COc1cc(C(=O)N[C@@H](CC(C)C)C(=O)O)cc([N+](=O)[O-])c1C. The number of carboxylic acids is 1. The molecule has 0 bridgehead atoms. The number of nitro benzene ring substituents is 1. The average molecular weight is 324 g/mol. The number of aliphatic carboxylic acids is 1. The zero-order valence-corrected chi connectivity index (χ0v) is 13.5. The maximum absolute atomic E-state index is 12.2. The fourth-order valence-corrected chi connectivity index (χ4v) is 2.14. The Balaban J connectivity index is 3.14. The predicted octanol–water partition coefficient (Wildman–Crippen LogP) is 2.14. The van der Waals surface area contributed by atoms with Gasteiger partial charge in [0, 0.05) is 11.6 Å². The standard InChI is InChI=1S/C15H20N2O6/c1-8(2)5-11(15(19)20)16-14(18)10-6-12(17(21)22)9(3)13(7-10)23-4/h6-8,11H,5H2,1-4H3,(H,16,18)(H,19,20)/t11-/m0/s1. The summed E-state index contributed by atoms with van der Waals surface area (Å²) < 4.78 is 5.04. The molecule has 0 aliphatic heterocycles. The summed E-state index contributed by atoms with van der Waals surface area (Å²) in [5, 5.41) is 22.6. The molecule has 0 heterocycles. The number of carbonyl (C=O) groups excluding carboxylic acids is 1. The lowest BCUT2D eigenvalue weighted by molar-refractivity contribution is -0.385. The lowest BCUT2D eigenvalue weighted by Gasteiger charge is -2.17. The van der Waals surface area contributed by atoms with Crippen LogP contribution in [0.15, 0.2) is 12.1 Å². The number of carboxylic acid groups (broad SMARTS) is 1. The third-order valence-electron chi connectivity index (χ3n) is 3.32. The lowest BCUT2D eigenvalue weighted by Crippen LogP contribution is -2.41. The Morgan fingerprint density at radius 3 is 2.43 bits per heavy atom. The van der Waals surface area contributed by atoms with E-state index >= 15 is 0 Å². The van der Waals surface area contributed by atoms with Gasteiger partial charge in [-0.2, -0.15) is 0 Å². The number of ether oxygens (including phenoxy) is 1. The summed E-state index contributed by atoms with van der Waals surface area (Å²) in [7, 11) is 1.34. The maximum Gasteiger partial charge on any atom is 0.326 e. The summed E-state index contributed by atoms with van der Waals surface area (Å²) in [6.07, 6.45) is 0.256. The number of amides is 1. The van der Waals surface area contributed by atoms with E-state index < -0.39 is 22.8 Å². The molecule has 1 aromatic carbocycles. The Morgan fingerprint density at radius 1 is 1.39 bits per heavy atom. The number of methoxy groups -OCH3 is 1. The van der Waals surface area contributed by atoms with Gasteiger partial charge in [-0.15, -0.1) is 0 Å². The Hall–Kier alpha value is -2.64. The number of nitrogens with zero attached hydrogens (tertiary/aromatic N) is 1. The first kappa shape index (κ1) is 18.4. The number of rotatable bonds is 7. The summed E-state index contributed by atoms with van der Waals surface area (Å²) in [6.45, 7) is 5.18. The summed E-state index contributed by atoms with van der Waals surface area (Å²) in [5.74, 6) is -1.58. The number of hydrogen-bond acceptors (Lipinski definition) is 5. The van der Waals surface area contributed by atoms with Crippen LogP contribution in [0.2, 0.25) is 0 Å². The first-order chi connectivity index (χ1) is 10.7. The second-order valence-electron chi connectivity index (χ2n) is 5.57. The van der Waals surface area contributed by atoms with Crippen molar-refractivity contribution in [2.24, 2.45) is 5.92 Å². The molecule has 23 heavy (non-hydrogen) atoms. The minimum Gasteiger partial charge on any atom is -0.496 e. The van der Waals surface area contributed by atoms with Gasteiger partial charge in [-0.1, -0.05) is 13.8 Å². The van der Waals surface area contributed by atoms with Gasteiger partial charge in [0.05, 0.1) is 17.6 Å². The van der Waals surface area contributed by atoms with E-state index in [1.165, 1.54) is 20.1 Å². The molecule has 1 atom stereocenters. The fourth-order valence-electron chi connectivity index (χ4n) is 2.14. The molecule has 0 radical (unpaired) electrons. The van der Waals surface area contributed by atoms with Gasteiger partial charge >= 0.3 is 5.97 Å². The number of hydrogen-bond donors (Lipinski definition) is 2. The van der Waals surface area contributed by atoms with Gasteiger partial charge in [0.2, 0.25) is 0 Å². The van der Waals surface area contributed by atoms with Crippen molar-refractivity contribution in [3.05, 3.63) is 33.4 Å². The molecule has 0 saturated heterocycles. The highest BCUT2D eigenvalue weighted by Gasteiger charge is 2.24. The van der Waals surface area contributed by atoms with Crippen molar-refractivity contribution < 1.29 is 24.4 Å². The van der Waals surface area contributed by atoms with Gasteiger partial charge in [0.1, 0.15) is 11.8 Å². The minimum atomic E-state index is -1.15. The van der Waals surface area contributed by atoms with E-state index in [0.29, 0.717) is 5.56 Å². The van der Waals surface area contributed by atoms with Crippen molar-refractivity contribution in [1.29, 1.82) is 0 Å². The Morgan fingerprint density at radius 2 is 2.00 bits per heavy atom. The van der Waals surface area contributed by atoms with Crippen LogP contribution < -0.4 is 10.1 Å². The largest absolute Gasteiger partial charge is 0.496 e. The van der Waals surface area contributed by atoms with Crippen LogP contribution in [0.4, 0.5) is 5.69 Å². The zero-order valence-electron chi connectivity index (χ0n) is 13.5. The number of nitrogens with one attached hydrogen (secondary N) is 1. The molecular formula is C15H20N2O6. The van der Waals surface area contributed by atoms with Crippen LogP contribution in [-0.4, -0.2) is 35.1 Å². The van der Waals surface area contributed by atoms with Gasteiger partial charge in [0.25, 0.3) is 11.6 Å². The second-order valence-corrected chi connectivity index (χ2v) is 5.57. The van der Waals surface area contributed by atoms with Gasteiger partial charge < -0.3 is 15.2 Å². The third-order valence-corrected chi connectivity index (χ3v) is 3.32. The summed E-state index contributed by atoms with van der Waals surface area (Å²) in [4.78, 5) is 33.9. The molecule has 0 aliphatic carbocycles. The molecule has 1 amide bonds. The quantitative estimate of drug-likeness (QED) is 0.586. The monoisotopic (exact) mass is 324 g/mol. The van der Waals surface area contributed by atoms with Crippen LogP contribution in [-0.2, 0) is 4.79 Å². The molecule has 1 aromatic rings. The van der Waals surface area contributed by atoms with Gasteiger partial charge in [0.15, 0.2) is 0 Å². The maximum atomic E-state index is 12.2. The molecule has 0 unspecified atom stereocenters. The van der Waals surface area contributed by atoms with E-state index in [2.05, 4.69) is 5.32 Å². The van der Waals surface area contributed by atoms with E-state index in [4.69, 9.17) is 9.84 Å². The highest BCUT2D eigenvalue weighted by atomic mass is 16.6. The average Bonchev–Trinajstić information content (AvgIpc) is 2.45. The molecule has 0 fully saturated rings. The lowest BCUT2D eigenvalue weighted by atomic mass is 10.0. The third kappa shape index (κ3) is 4.67. The van der Waals surface area contributed by atoms with Crippen LogP contribution >= 0.6 is 0 Å². The molecule has 0 spiro atoms. The molecule has 8 nitrogen and oxygen atoms in total. The molecule has 0 aromatic heterocycles. The minimum absolute atomic E-state index is 0.0193. The van der Waals surface area contributed by atoms with Gasteiger partial charge in [-0.3, -0.25) is 14.9 Å². The van der Waals surface area contributed by atoms with E-state index in [0.717, 1.165) is 6.07 Å². The van der Waals surface area contributed by atoms with Crippen molar-refractivity contribution >= 4 is 17.6 Å². The second kappa shape index (κ2) is 7.57.